The molecule has 3 heterocycles. The van der Waals surface area contributed by atoms with Crippen molar-refractivity contribution in [3.8, 4) is 0 Å². The molecule has 23 heavy (non-hydrogen) atoms. The van der Waals surface area contributed by atoms with Crippen LogP contribution < -0.4 is 11.3 Å². The molecule has 1 aliphatic heterocycles. The lowest BCUT2D eigenvalue weighted by Gasteiger charge is -2.27. The Bertz CT molecular complexity index is 826. The van der Waals surface area contributed by atoms with Gasteiger partial charge in [0, 0.05) is 11.8 Å². The Morgan fingerprint density at radius 3 is 2.91 bits per heavy atom. The van der Waals surface area contributed by atoms with Crippen molar-refractivity contribution in [2.24, 2.45) is 5.73 Å². The summed E-state index contributed by atoms with van der Waals surface area (Å²) in [4.78, 5) is 18.5. The number of aromatic nitrogens is 3. The zero-order valence-corrected chi connectivity index (χ0v) is 12.2. The highest BCUT2D eigenvalue weighted by molar-refractivity contribution is 6.06. The maximum absolute atomic E-state index is 12.0. The van der Waals surface area contributed by atoms with Crippen molar-refractivity contribution in [2.75, 3.05) is 6.61 Å². The Balaban J connectivity index is 2.24. The molecule has 10 nitrogen and oxygen atoms in total. The maximum Gasteiger partial charge on any atom is 0.260 e. The number of ether oxygens (including phenoxy) is 1. The second kappa shape index (κ2) is 5.13. The van der Waals surface area contributed by atoms with Crippen molar-refractivity contribution in [3.63, 3.8) is 0 Å². The lowest BCUT2D eigenvalue weighted by molar-refractivity contribution is -0.0948. The normalized spacial score (nSPS) is 30.9. The smallest absolute Gasteiger partial charge is 0.260 e. The van der Waals surface area contributed by atoms with Crippen LogP contribution in [0.4, 0.5) is 0 Å². The SMILES string of the molecule is CC1(O)C(O)C(CO)OC1n1cc(C(=N)N)c2c(=O)[nH]cnc21. The van der Waals surface area contributed by atoms with E-state index in [1.807, 2.05) is 0 Å². The summed E-state index contributed by atoms with van der Waals surface area (Å²) in [6.45, 7) is 0.866. The van der Waals surface area contributed by atoms with Gasteiger partial charge in [-0.25, -0.2) is 4.98 Å². The number of nitrogens with one attached hydrogen (secondary N) is 2. The monoisotopic (exact) mass is 323 g/mol. The molecule has 4 atom stereocenters. The van der Waals surface area contributed by atoms with Gasteiger partial charge in [-0.3, -0.25) is 10.2 Å². The number of aliphatic hydroxyl groups is 3. The minimum atomic E-state index is -1.74. The number of hydrogen-bond donors (Lipinski definition) is 6. The molecule has 0 aliphatic carbocycles. The largest absolute Gasteiger partial charge is 0.394 e. The van der Waals surface area contributed by atoms with E-state index in [1.165, 1.54) is 24.0 Å². The van der Waals surface area contributed by atoms with Crippen LogP contribution in [0.15, 0.2) is 17.3 Å². The molecular weight excluding hydrogens is 306 g/mol. The summed E-state index contributed by atoms with van der Waals surface area (Å²) in [5.41, 5.74) is 3.56. The van der Waals surface area contributed by atoms with Crippen LogP contribution in [-0.4, -0.2) is 60.1 Å². The first-order chi connectivity index (χ1) is 10.8. The standard InChI is InChI=1S/C13H17N5O5/c1-13(22)8(20)6(3-19)23-12(13)18-2-5(9(14)15)7-10(18)16-4-17-11(7)21/h2,4,6,8,12,19-20,22H,3H2,1H3,(H3,14,15)(H,16,17,21). The van der Waals surface area contributed by atoms with Crippen molar-refractivity contribution in [1.82, 2.24) is 14.5 Å². The number of rotatable bonds is 3. The van der Waals surface area contributed by atoms with Gasteiger partial charge in [0.2, 0.25) is 0 Å². The predicted octanol–water partition coefficient (Wildman–Crippen LogP) is -1.99. The molecule has 0 amide bonds. The van der Waals surface area contributed by atoms with Crippen LogP contribution in [0.3, 0.4) is 0 Å². The first kappa shape index (κ1) is 15.6. The highest BCUT2D eigenvalue weighted by Gasteiger charge is 2.53. The Hall–Kier alpha value is -2.27. The predicted molar refractivity (Wildman–Crippen MR) is 79.0 cm³/mol. The summed E-state index contributed by atoms with van der Waals surface area (Å²) < 4.78 is 6.85. The molecule has 0 radical (unpaired) electrons. The van der Waals surface area contributed by atoms with E-state index in [9.17, 15) is 20.1 Å². The number of H-pyrrole nitrogens is 1. The zero-order valence-electron chi connectivity index (χ0n) is 12.2. The van der Waals surface area contributed by atoms with E-state index in [0.717, 1.165) is 0 Å². The number of nitrogens with zero attached hydrogens (tertiary/aromatic N) is 2. The molecule has 0 aromatic carbocycles. The van der Waals surface area contributed by atoms with E-state index < -0.39 is 36.2 Å². The van der Waals surface area contributed by atoms with Crippen LogP contribution in [0.25, 0.3) is 11.0 Å². The quantitative estimate of drug-likeness (QED) is 0.280. The van der Waals surface area contributed by atoms with Gasteiger partial charge in [-0.05, 0) is 6.92 Å². The summed E-state index contributed by atoms with van der Waals surface area (Å²) in [6.07, 6.45) is -0.900. The van der Waals surface area contributed by atoms with Gasteiger partial charge in [0.1, 0.15) is 29.3 Å². The number of nitrogen functional groups attached to an aromatic ring is 1. The van der Waals surface area contributed by atoms with Crippen molar-refractivity contribution in [1.29, 1.82) is 5.41 Å². The molecule has 7 N–H and O–H groups in total. The highest BCUT2D eigenvalue weighted by Crippen LogP contribution is 2.39. The van der Waals surface area contributed by atoms with Crippen LogP contribution in [0.1, 0.15) is 18.7 Å². The van der Waals surface area contributed by atoms with E-state index in [-0.39, 0.29) is 22.4 Å². The lowest BCUT2D eigenvalue weighted by Crippen LogP contribution is -2.44. The van der Waals surface area contributed by atoms with Gasteiger partial charge in [-0.2, -0.15) is 0 Å². The van der Waals surface area contributed by atoms with E-state index >= 15 is 0 Å². The number of fused-ring (bicyclic) bond motifs is 1. The molecule has 1 saturated heterocycles. The maximum atomic E-state index is 12.0. The average molecular weight is 323 g/mol. The third-order valence-electron chi connectivity index (χ3n) is 4.09. The first-order valence-corrected chi connectivity index (χ1v) is 6.88. The fraction of sp³-hybridized carbons (Fsp3) is 0.462. The van der Waals surface area contributed by atoms with E-state index in [2.05, 4.69) is 9.97 Å². The molecule has 0 saturated carbocycles. The van der Waals surface area contributed by atoms with Crippen LogP contribution >= 0.6 is 0 Å². The molecule has 124 valence electrons. The topological polar surface area (TPSA) is 170 Å². The highest BCUT2D eigenvalue weighted by atomic mass is 16.6. The second-order valence-electron chi connectivity index (χ2n) is 5.67. The third-order valence-corrected chi connectivity index (χ3v) is 4.09. The molecule has 1 fully saturated rings. The minimum absolute atomic E-state index is 0.0846. The molecule has 1 aliphatic rings. The Kier molecular flexibility index (Phi) is 3.48. The number of aliphatic hydroxyl groups excluding tert-OH is 2. The number of amidine groups is 1. The number of aromatic amines is 1. The average Bonchev–Trinajstić information content (AvgIpc) is 2.97. The first-order valence-electron chi connectivity index (χ1n) is 6.88. The Morgan fingerprint density at radius 1 is 1.65 bits per heavy atom. The van der Waals surface area contributed by atoms with Gasteiger partial charge in [0.15, 0.2) is 6.23 Å². The van der Waals surface area contributed by atoms with Crippen molar-refractivity contribution in [3.05, 3.63) is 28.4 Å². The Morgan fingerprint density at radius 2 is 2.35 bits per heavy atom. The van der Waals surface area contributed by atoms with Crippen molar-refractivity contribution >= 4 is 16.9 Å². The lowest BCUT2D eigenvalue weighted by atomic mass is 9.96. The van der Waals surface area contributed by atoms with E-state index in [4.69, 9.17) is 15.9 Å². The minimum Gasteiger partial charge on any atom is -0.394 e. The fourth-order valence-electron chi connectivity index (χ4n) is 2.87. The molecule has 0 bridgehead atoms. The molecule has 4 unspecified atom stereocenters. The fourth-order valence-corrected chi connectivity index (χ4v) is 2.87. The molecular formula is C13H17N5O5. The van der Waals surface area contributed by atoms with Gasteiger partial charge in [0.25, 0.3) is 5.56 Å². The molecule has 2 aromatic rings. The summed E-state index contributed by atoms with van der Waals surface area (Å²) in [5, 5.41) is 37.6. The summed E-state index contributed by atoms with van der Waals surface area (Å²) in [6, 6.07) is 0. The molecule has 0 spiro atoms. The summed E-state index contributed by atoms with van der Waals surface area (Å²) >= 11 is 0. The van der Waals surface area contributed by atoms with E-state index in [0.29, 0.717) is 0 Å². The van der Waals surface area contributed by atoms with E-state index in [1.54, 1.807) is 0 Å². The van der Waals surface area contributed by atoms with Gasteiger partial charge < -0.3 is 35.3 Å². The molecule has 10 heteroatoms. The van der Waals surface area contributed by atoms with Gasteiger partial charge in [-0.15, -0.1) is 0 Å². The molecule has 2 aromatic heterocycles. The van der Waals surface area contributed by atoms with Crippen LogP contribution in [0.2, 0.25) is 0 Å². The van der Waals surface area contributed by atoms with Crippen LogP contribution in [-0.2, 0) is 4.74 Å². The second-order valence-corrected chi connectivity index (χ2v) is 5.67. The summed E-state index contributed by atoms with van der Waals surface area (Å²) in [7, 11) is 0. The van der Waals surface area contributed by atoms with Crippen molar-refractivity contribution in [2.45, 2.75) is 31.0 Å². The van der Waals surface area contributed by atoms with Gasteiger partial charge in [-0.1, -0.05) is 0 Å². The van der Waals surface area contributed by atoms with Crippen LogP contribution in [0.5, 0.6) is 0 Å². The number of hydrogen-bond acceptors (Lipinski definition) is 7. The van der Waals surface area contributed by atoms with Crippen LogP contribution in [0, 0.1) is 5.41 Å². The van der Waals surface area contributed by atoms with Gasteiger partial charge >= 0.3 is 0 Å². The summed E-state index contributed by atoms with van der Waals surface area (Å²) in [5.74, 6) is -0.343. The zero-order chi connectivity index (χ0) is 16.9. The van der Waals surface area contributed by atoms with Crippen molar-refractivity contribution < 1.29 is 20.1 Å². The Labute approximate surface area is 129 Å². The van der Waals surface area contributed by atoms with Gasteiger partial charge in [0.05, 0.1) is 18.3 Å². The third kappa shape index (κ3) is 2.15. The molecule has 3 rings (SSSR count). The number of nitrogens with two attached hydrogens (primary N) is 1.